The molecular formula is C25H28N4OS. The Labute approximate surface area is 188 Å². The molecule has 0 aliphatic carbocycles. The van der Waals surface area contributed by atoms with Crippen LogP contribution in [0, 0.1) is 0 Å². The van der Waals surface area contributed by atoms with Crippen molar-refractivity contribution in [3.8, 4) is 11.3 Å². The summed E-state index contributed by atoms with van der Waals surface area (Å²) in [6, 6.07) is 20.2. The molecule has 0 bridgehead atoms. The number of rotatable bonds is 7. The zero-order chi connectivity index (χ0) is 21.6. The molecule has 31 heavy (non-hydrogen) atoms. The molecule has 0 radical (unpaired) electrons. The van der Waals surface area contributed by atoms with Gasteiger partial charge >= 0.3 is 0 Å². The fourth-order valence-corrected chi connectivity index (χ4v) is 4.41. The quantitative estimate of drug-likeness (QED) is 0.383. The van der Waals surface area contributed by atoms with Gasteiger partial charge in [0.05, 0.1) is 5.69 Å². The van der Waals surface area contributed by atoms with Crippen LogP contribution in [0.25, 0.3) is 11.3 Å². The van der Waals surface area contributed by atoms with Crippen molar-refractivity contribution < 1.29 is 4.79 Å². The molecule has 0 spiro atoms. The molecule has 1 amide bonds. The number of carbonyl (C=O) groups is 1. The Morgan fingerprint density at radius 1 is 1.03 bits per heavy atom. The van der Waals surface area contributed by atoms with Crippen LogP contribution in [0.1, 0.15) is 35.7 Å². The van der Waals surface area contributed by atoms with Gasteiger partial charge in [0.25, 0.3) is 5.91 Å². The molecule has 1 saturated heterocycles. The summed E-state index contributed by atoms with van der Waals surface area (Å²) in [6.45, 7) is 4.78. The molecule has 2 aromatic carbocycles. The average molecular weight is 433 g/mol. The largest absolute Gasteiger partial charge is 0.356 e. The molecule has 5 nitrogen and oxygen atoms in total. The number of nitrogens with zero attached hydrogens (tertiary/aromatic N) is 4. The summed E-state index contributed by atoms with van der Waals surface area (Å²) >= 11 is 1.64. The SMILES string of the molecule is CCN(C)C(=O)c1ccc(CSc2nc(-c3ccccc3)cc(N3CCCC3)n2)cc1. The van der Waals surface area contributed by atoms with Crippen LogP contribution in [-0.2, 0) is 5.75 Å². The fourth-order valence-electron chi connectivity index (χ4n) is 3.60. The maximum atomic E-state index is 12.3. The van der Waals surface area contributed by atoms with E-state index in [0.29, 0.717) is 6.54 Å². The second-order valence-corrected chi connectivity index (χ2v) is 8.70. The predicted molar refractivity (Wildman–Crippen MR) is 128 cm³/mol. The van der Waals surface area contributed by atoms with Crippen LogP contribution in [0.2, 0.25) is 0 Å². The first-order chi connectivity index (χ1) is 15.1. The third-order valence-corrected chi connectivity index (χ3v) is 6.50. The molecule has 1 fully saturated rings. The summed E-state index contributed by atoms with van der Waals surface area (Å²) in [6.07, 6.45) is 2.43. The van der Waals surface area contributed by atoms with Crippen molar-refractivity contribution in [2.24, 2.45) is 0 Å². The van der Waals surface area contributed by atoms with Crippen LogP contribution in [0.5, 0.6) is 0 Å². The van der Waals surface area contributed by atoms with E-state index in [4.69, 9.17) is 9.97 Å². The first-order valence-electron chi connectivity index (χ1n) is 10.8. The second kappa shape index (κ2) is 9.96. The Kier molecular flexibility index (Phi) is 6.87. The van der Waals surface area contributed by atoms with Crippen LogP contribution in [0.4, 0.5) is 5.82 Å². The van der Waals surface area contributed by atoms with Crippen molar-refractivity contribution in [3.63, 3.8) is 0 Å². The normalized spacial score (nSPS) is 13.4. The maximum Gasteiger partial charge on any atom is 0.253 e. The van der Waals surface area contributed by atoms with Gasteiger partial charge in [-0.05, 0) is 37.5 Å². The maximum absolute atomic E-state index is 12.3. The van der Waals surface area contributed by atoms with Crippen molar-refractivity contribution >= 4 is 23.5 Å². The molecule has 0 unspecified atom stereocenters. The van der Waals surface area contributed by atoms with E-state index in [-0.39, 0.29) is 5.91 Å². The van der Waals surface area contributed by atoms with Crippen molar-refractivity contribution in [2.45, 2.75) is 30.7 Å². The van der Waals surface area contributed by atoms with E-state index in [1.54, 1.807) is 16.7 Å². The summed E-state index contributed by atoms with van der Waals surface area (Å²) in [5.74, 6) is 1.82. The lowest BCUT2D eigenvalue weighted by molar-refractivity contribution is 0.0802. The number of hydrogen-bond donors (Lipinski definition) is 0. The number of benzene rings is 2. The van der Waals surface area contributed by atoms with Gasteiger partial charge < -0.3 is 9.80 Å². The smallest absolute Gasteiger partial charge is 0.253 e. The number of carbonyl (C=O) groups excluding carboxylic acids is 1. The van der Waals surface area contributed by atoms with E-state index in [9.17, 15) is 4.79 Å². The molecule has 1 aromatic heterocycles. The highest BCUT2D eigenvalue weighted by molar-refractivity contribution is 7.98. The van der Waals surface area contributed by atoms with E-state index in [2.05, 4.69) is 23.1 Å². The minimum Gasteiger partial charge on any atom is -0.356 e. The molecular weight excluding hydrogens is 404 g/mol. The zero-order valence-electron chi connectivity index (χ0n) is 18.1. The standard InChI is InChI=1S/C25H28N4OS/c1-3-28(2)24(30)21-13-11-19(12-14-21)18-31-25-26-22(20-9-5-4-6-10-20)17-23(27-25)29-15-7-8-16-29/h4-6,9-14,17H,3,7-8,15-16,18H2,1-2H3. The molecule has 1 aliphatic rings. The Bertz CT molecular complexity index is 1020. The Morgan fingerprint density at radius 2 is 1.74 bits per heavy atom. The highest BCUT2D eigenvalue weighted by atomic mass is 32.2. The van der Waals surface area contributed by atoms with Gasteiger partial charge in [0, 0.05) is 49.6 Å². The second-order valence-electron chi connectivity index (χ2n) is 7.76. The molecule has 0 atom stereocenters. The molecule has 1 aliphatic heterocycles. The summed E-state index contributed by atoms with van der Waals surface area (Å²) in [5, 5.41) is 0.786. The van der Waals surface area contributed by atoms with Gasteiger partial charge in [-0.25, -0.2) is 9.97 Å². The Morgan fingerprint density at radius 3 is 2.42 bits per heavy atom. The lowest BCUT2D eigenvalue weighted by atomic mass is 10.1. The first-order valence-corrected chi connectivity index (χ1v) is 11.8. The van der Waals surface area contributed by atoms with E-state index in [1.807, 2.05) is 56.4 Å². The Hall–Kier alpha value is -2.86. The molecule has 4 rings (SSSR count). The number of thioether (sulfide) groups is 1. The lowest BCUT2D eigenvalue weighted by Gasteiger charge is -2.18. The van der Waals surface area contributed by atoms with Gasteiger partial charge in [0.2, 0.25) is 0 Å². The van der Waals surface area contributed by atoms with E-state index in [0.717, 1.165) is 52.2 Å². The summed E-state index contributed by atoms with van der Waals surface area (Å²) in [4.78, 5) is 26.1. The molecule has 3 aromatic rings. The molecule has 6 heteroatoms. The van der Waals surface area contributed by atoms with Gasteiger partial charge in [-0.3, -0.25) is 4.79 Å². The Balaban J connectivity index is 1.52. The van der Waals surface area contributed by atoms with Crippen molar-refractivity contribution in [3.05, 3.63) is 71.8 Å². The number of amides is 1. The monoisotopic (exact) mass is 432 g/mol. The molecule has 0 saturated carbocycles. The number of aromatic nitrogens is 2. The van der Waals surface area contributed by atoms with Gasteiger partial charge in [0.1, 0.15) is 5.82 Å². The van der Waals surface area contributed by atoms with Crippen LogP contribution in [-0.4, -0.2) is 47.5 Å². The van der Waals surface area contributed by atoms with Crippen LogP contribution in [0.3, 0.4) is 0 Å². The van der Waals surface area contributed by atoms with Crippen LogP contribution < -0.4 is 4.90 Å². The average Bonchev–Trinajstić information content (AvgIpc) is 3.38. The minimum atomic E-state index is 0.0517. The highest BCUT2D eigenvalue weighted by Gasteiger charge is 2.17. The number of anilines is 1. The van der Waals surface area contributed by atoms with Gasteiger partial charge in [-0.1, -0.05) is 54.2 Å². The predicted octanol–water partition coefficient (Wildman–Crippen LogP) is 5.13. The minimum absolute atomic E-state index is 0.0517. The van der Waals surface area contributed by atoms with Gasteiger partial charge in [-0.15, -0.1) is 0 Å². The van der Waals surface area contributed by atoms with Gasteiger partial charge in [-0.2, -0.15) is 0 Å². The van der Waals surface area contributed by atoms with E-state index in [1.165, 1.54) is 12.8 Å². The van der Waals surface area contributed by atoms with Crippen LogP contribution >= 0.6 is 11.8 Å². The van der Waals surface area contributed by atoms with Crippen molar-refractivity contribution in [1.29, 1.82) is 0 Å². The van der Waals surface area contributed by atoms with Crippen molar-refractivity contribution in [1.82, 2.24) is 14.9 Å². The number of hydrogen-bond acceptors (Lipinski definition) is 5. The highest BCUT2D eigenvalue weighted by Crippen LogP contribution is 2.29. The molecule has 0 N–H and O–H groups in total. The third-order valence-electron chi connectivity index (χ3n) is 5.58. The summed E-state index contributed by atoms with van der Waals surface area (Å²) in [5.41, 5.74) is 3.94. The third kappa shape index (κ3) is 5.25. The molecule has 2 heterocycles. The molecule has 160 valence electrons. The summed E-state index contributed by atoms with van der Waals surface area (Å²) in [7, 11) is 1.82. The zero-order valence-corrected chi connectivity index (χ0v) is 18.9. The van der Waals surface area contributed by atoms with Gasteiger partial charge in [0.15, 0.2) is 5.16 Å². The van der Waals surface area contributed by atoms with Crippen LogP contribution in [0.15, 0.2) is 65.8 Å². The lowest BCUT2D eigenvalue weighted by Crippen LogP contribution is -2.26. The summed E-state index contributed by atoms with van der Waals surface area (Å²) < 4.78 is 0. The van der Waals surface area contributed by atoms with Crippen molar-refractivity contribution in [2.75, 3.05) is 31.6 Å². The fraction of sp³-hybridized carbons (Fsp3) is 0.320. The first kappa shape index (κ1) is 21.4. The topological polar surface area (TPSA) is 49.3 Å². The van der Waals surface area contributed by atoms with E-state index >= 15 is 0 Å². The van der Waals surface area contributed by atoms with E-state index < -0.39 is 0 Å².